The molecule has 2 unspecified atom stereocenters. The van der Waals surface area contributed by atoms with Crippen LogP contribution < -0.4 is 16.6 Å². The third kappa shape index (κ3) is 4.00. The van der Waals surface area contributed by atoms with Crippen molar-refractivity contribution >= 4 is 11.8 Å². The number of hydrazine groups is 1. The summed E-state index contributed by atoms with van der Waals surface area (Å²) in [4.78, 5) is 8.24. The summed E-state index contributed by atoms with van der Waals surface area (Å²) < 4.78 is 0. The van der Waals surface area contributed by atoms with Crippen molar-refractivity contribution in [3.05, 3.63) is 11.8 Å². The Hall–Kier alpha value is -1.40. The van der Waals surface area contributed by atoms with Gasteiger partial charge in [0.25, 0.3) is 0 Å². The molecule has 2 atom stereocenters. The third-order valence-electron chi connectivity index (χ3n) is 2.07. The Morgan fingerprint density at radius 1 is 1.44 bits per heavy atom. The Morgan fingerprint density at radius 3 is 2.69 bits per heavy atom. The van der Waals surface area contributed by atoms with Gasteiger partial charge >= 0.3 is 0 Å². The lowest BCUT2D eigenvalue weighted by Crippen LogP contribution is -2.22. The third-order valence-corrected chi connectivity index (χ3v) is 2.07. The molecule has 6 heteroatoms. The molecule has 0 radical (unpaired) electrons. The van der Waals surface area contributed by atoms with Crippen molar-refractivity contribution in [2.45, 2.75) is 39.3 Å². The molecule has 0 aliphatic heterocycles. The number of aromatic nitrogens is 2. The molecule has 1 heterocycles. The maximum Gasteiger partial charge on any atom is 0.239 e. The number of aliphatic hydroxyl groups is 1. The highest BCUT2D eigenvalue weighted by atomic mass is 16.3. The van der Waals surface area contributed by atoms with Crippen LogP contribution in [0.1, 0.15) is 26.0 Å². The van der Waals surface area contributed by atoms with Gasteiger partial charge in [0, 0.05) is 17.8 Å². The van der Waals surface area contributed by atoms with Gasteiger partial charge in [-0.1, -0.05) is 0 Å². The van der Waals surface area contributed by atoms with E-state index in [9.17, 15) is 5.11 Å². The van der Waals surface area contributed by atoms with Gasteiger partial charge in [-0.15, -0.1) is 0 Å². The van der Waals surface area contributed by atoms with Crippen LogP contribution in [0.5, 0.6) is 0 Å². The van der Waals surface area contributed by atoms with Crippen LogP contribution in [0.15, 0.2) is 6.07 Å². The smallest absolute Gasteiger partial charge is 0.239 e. The van der Waals surface area contributed by atoms with E-state index in [0.717, 1.165) is 5.69 Å². The zero-order chi connectivity index (χ0) is 12.1. The summed E-state index contributed by atoms with van der Waals surface area (Å²) in [6.45, 7) is 5.61. The zero-order valence-electron chi connectivity index (χ0n) is 9.86. The molecule has 90 valence electrons. The van der Waals surface area contributed by atoms with E-state index in [-0.39, 0.29) is 12.1 Å². The number of nitrogen functional groups attached to an aromatic ring is 1. The molecule has 0 aliphatic carbocycles. The fraction of sp³-hybridized carbons (Fsp3) is 0.600. The molecule has 5 N–H and O–H groups in total. The highest BCUT2D eigenvalue weighted by molar-refractivity contribution is 5.42. The van der Waals surface area contributed by atoms with Crippen molar-refractivity contribution in [3.63, 3.8) is 0 Å². The molecule has 6 nitrogen and oxygen atoms in total. The Bertz CT molecular complexity index is 342. The summed E-state index contributed by atoms with van der Waals surface area (Å²) in [5, 5.41) is 12.4. The lowest BCUT2D eigenvalue weighted by molar-refractivity contribution is 0.179. The molecule has 1 aromatic rings. The van der Waals surface area contributed by atoms with Crippen LogP contribution in [0.25, 0.3) is 0 Å². The molecule has 0 saturated heterocycles. The summed E-state index contributed by atoms with van der Waals surface area (Å²) in [7, 11) is 0. The molecule has 1 aromatic heterocycles. The number of hydrogen-bond donors (Lipinski definition) is 4. The van der Waals surface area contributed by atoms with Gasteiger partial charge in [0.15, 0.2) is 0 Å². The standard InChI is InChI=1S/C10H19N5O/c1-6(4-8(3)16)12-9-5-7(2)13-10(14-9)15-11/h5-6,8,16H,4,11H2,1-3H3,(H2,12,13,14,15). The summed E-state index contributed by atoms with van der Waals surface area (Å²) in [6.07, 6.45) is 0.326. The van der Waals surface area contributed by atoms with Gasteiger partial charge in [-0.05, 0) is 27.2 Å². The molecule has 0 aromatic carbocycles. The fourth-order valence-electron chi connectivity index (χ4n) is 1.53. The number of nitrogens with one attached hydrogen (secondary N) is 2. The second kappa shape index (κ2) is 5.62. The van der Waals surface area contributed by atoms with E-state index in [1.54, 1.807) is 6.92 Å². The highest BCUT2D eigenvalue weighted by Gasteiger charge is 2.08. The van der Waals surface area contributed by atoms with Crippen molar-refractivity contribution < 1.29 is 5.11 Å². The molecule has 0 saturated carbocycles. The minimum absolute atomic E-state index is 0.139. The van der Waals surface area contributed by atoms with E-state index >= 15 is 0 Å². The molecular formula is C10H19N5O. The maximum atomic E-state index is 9.25. The quantitative estimate of drug-likeness (QED) is 0.434. The molecular weight excluding hydrogens is 206 g/mol. The Morgan fingerprint density at radius 2 is 2.12 bits per heavy atom. The number of nitrogens with two attached hydrogens (primary N) is 1. The average molecular weight is 225 g/mol. The minimum Gasteiger partial charge on any atom is -0.393 e. The first-order valence-corrected chi connectivity index (χ1v) is 5.28. The van der Waals surface area contributed by atoms with Crippen LogP contribution in [0, 0.1) is 6.92 Å². The number of aryl methyl sites for hydroxylation is 1. The van der Waals surface area contributed by atoms with Crippen LogP contribution in [-0.4, -0.2) is 27.2 Å². The zero-order valence-corrected chi connectivity index (χ0v) is 9.86. The van der Waals surface area contributed by atoms with E-state index in [4.69, 9.17) is 5.84 Å². The van der Waals surface area contributed by atoms with Gasteiger partial charge in [-0.25, -0.2) is 10.8 Å². The Balaban J connectivity index is 2.69. The van der Waals surface area contributed by atoms with E-state index in [2.05, 4.69) is 20.7 Å². The van der Waals surface area contributed by atoms with Crippen LogP contribution in [-0.2, 0) is 0 Å². The van der Waals surface area contributed by atoms with Crippen LogP contribution >= 0.6 is 0 Å². The number of nitrogens with zero attached hydrogens (tertiary/aromatic N) is 2. The first kappa shape index (κ1) is 12.7. The van der Waals surface area contributed by atoms with E-state index in [1.807, 2.05) is 19.9 Å². The SMILES string of the molecule is Cc1cc(NC(C)CC(C)O)nc(NN)n1. The van der Waals surface area contributed by atoms with Crippen LogP contribution in [0.4, 0.5) is 11.8 Å². The second-order valence-corrected chi connectivity index (χ2v) is 3.99. The van der Waals surface area contributed by atoms with Crippen LogP contribution in [0.3, 0.4) is 0 Å². The first-order chi connectivity index (χ1) is 7.51. The molecule has 0 spiro atoms. The molecule has 1 rings (SSSR count). The molecule has 0 aliphatic rings. The van der Waals surface area contributed by atoms with Gasteiger partial charge in [-0.2, -0.15) is 4.98 Å². The van der Waals surface area contributed by atoms with Gasteiger partial charge in [0.05, 0.1) is 6.10 Å². The average Bonchev–Trinajstić information content (AvgIpc) is 2.14. The largest absolute Gasteiger partial charge is 0.393 e. The minimum atomic E-state index is -0.336. The van der Waals surface area contributed by atoms with Crippen LogP contribution in [0.2, 0.25) is 0 Å². The van der Waals surface area contributed by atoms with Gasteiger partial charge in [0.2, 0.25) is 5.95 Å². The summed E-state index contributed by atoms with van der Waals surface area (Å²) in [5.74, 6) is 6.34. The first-order valence-electron chi connectivity index (χ1n) is 5.28. The number of hydrogen-bond acceptors (Lipinski definition) is 6. The molecule has 0 amide bonds. The lowest BCUT2D eigenvalue weighted by atomic mass is 10.1. The van der Waals surface area contributed by atoms with E-state index < -0.39 is 0 Å². The molecule has 16 heavy (non-hydrogen) atoms. The second-order valence-electron chi connectivity index (χ2n) is 3.99. The Kier molecular flexibility index (Phi) is 4.45. The predicted molar refractivity (Wildman–Crippen MR) is 64.0 cm³/mol. The normalized spacial score (nSPS) is 14.3. The van der Waals surface area contributed by atoms with E-state index in [1.165, 1.54) is 0 Å². The summed E-state index contributed by atoms with van der Waals surface area (Å²) in [5.41, 5.74) is 3.24. The Labute approximate surface area is 95.3 Å². The maximum absolute atomic E-state index is 9.25. The van der Waals surface area contributed by atoms with Gasteiger partial charge < -0.3 is 10.4 Å². The van der Waals surface area contributed by atoms with Crippen molar-refractivity contribution in [1.29, 1.82) is 0 Å². The van der Waals surface area contributed by atoms with Gasteiger partial charge in [-0.3, -0.25) is 5.43 Å². The number of anilines is 2. The summed E-state index contributed by atoms with van der Waals surface area (Å²) in [6, 6.07) is 1.97. The van der Waals surface area contributed by atoms with Crippen molar-refractivity contribution in [2.75, 3.05) is 10.7 Å². The monoisotopic (exact) mass is 225 g/mol. The predicted octanol–water partition coefficient (Wildman–Crippen LogP) is 0.642. The topological polar surface area (TPSA) is 96.1 Å². The highest BCUT2D eigenvalue weighted by Crippen LogP contribution is 2.11. The van der Waals surface area contributed by atoms with Crippen molar-refractivity contribution in [2.24, 2.45) is 5.84 Å². The van der Waals surface area contributed by atoms with E-state index in [0.29, 0.717) is 18.2 Å². The van der Waals surface area contributed by atoms with Crippen molar-refractivity contribution in [3.8, 4) is 0 Å². The summed E-state index contributed by atoms with van der Waals surface area (Å²) >= 11 is 0. The molecule has 0 fully saturated rings. The fourth-order valence-corrected chi connectivity index (χ4v) is 1.53. The number of rotatable bonds is 5. The van der Waals surface area contributed by atoms with Gasteiger partial charge in [0.1, 0.15) is 5.82 Å². The number of aliphatic hydroxyl groups excluding tert-OH is 1. The van der Waals surface area contributed by atoms with Crippen molar-refractivity contribution in [1.82, 2.24) is 9.97 Å². The molecule has 0 bridgehead atoms. The lowest BCUT2D eigenvalue weighted by Gasteiger charge is -2.16.